The van der Waals surface area contributed by atoms with Gasteiger partial charge < -0.3 is 5.32 Å². The number of carbonyl (C=O) groups excluding carboxylic acids is 1. The van der Waals surface area contributed by atoms with E-state index in [0.717, 1.165) is 5.56 Å². The Morgan fingerprint density at radius 2 is 2.00 bits per heavy atom. The molecule has 6 nitrogen and oxygen atoms in total. The van der Waals surface area contributed by atoms with E-state index < -0.39 is 21.7 Å². The van der Waals surface area contributed by atoms with Gasteiger partial charge in [0.25, 0.3) is 10.0 Å². The smallest absolute Gasteiger partial charge is 0.263 e. The van der Waals surface area contributed by atoms with Crippen molar-refractivity contribution in [1.29, 1.82) is 0 Å². The number of amides is 1. The Morgan fingerprint density at radius 3 is 2.75 bits per heavy atom. The van der Waals surface area contributed by atoms with Crippen molar-refractivity contribution in [3.8, 4) is 0 Å². The summed E-state index contributed by atoms with van der Waals surface area (Å²) in [6, 6.07) is 10.8. The van der Waals surface area contributed by atoms with Crippen LogP contribution in [-0.2, 0) is 14.8 Å². The number of nitrogens with zero attached hydrogens (tertiary/aromatic N) is 1. The Balaban J connectivity index is 1.76. The van der Waals surface area contributed by atoms with Crippen LogP contribution in [0.5, 0.6) is 0 Å². The summed E-state index contributed by atoms with van der Waals surface area (Å²) >= 11 is 0. The number of sulfonamides is 1. The molecule has 24 heavy (non-hydrogen) atoms. The molecule has 1 heterocycles. The summed E-state index contributed by atoms with van der Waals surface area (Å²) in [5.74, 6) is -0.984. The molecule has 0 aromatic heterocycles. The topological polar surface area (TPSA) is 87.6 Å². The third-order valence-electron chi connectivity index (χ3n) is 3.44. The van der Waals surface area contributed by atoms with Crippen LogP contribution in [0.2, 0.25) is 0 Å². The van der Waals surface area contributed by atoms with Crippen molar-refractivity contribution in [1.82, 2.24) is 4.72 Å². The number of nitrogens with one attached hydrogen (secondary N) is 2. The molecule has 0 atom stereocenters. The van der Waals surface area contributed by atoms with Gasteiger partial charge in [-0.2, -0.15) is 0 Å². The molecule has 0 fully saturated rings. The predicted octanol–water partition coefficient (Wildman–Crippen LogP) is 1.81. The fourth-order valence-electron chi connectivity index (χ4n) is 2.31. The van der Waals surface area contributed by atoms with Crippen molar-refractivity contribution in [3.05, 3.63) is 59.4 Å². The van der Waals surface area contributed by atoms with Gasteiger partial charge in [0.1, 0.15) is 18.2 Å². The number of aliphatic imine (C=N–C) groups is 1. The fraction of sp³-hybridized carbons (Fsp3) is 0.125. The Bertz CT molecular complexity index is 955. The summed E-state index contributed by atoms with van der Waals surface area (Å²) in [6.07, 6.45) is 0. The highest BCUT2D eigenvalue weighted by Gasteiger charge is 2.30. The molecular formula is C16H14FN3O3S. The molecule has 1 amide bonds. The van der Waals surface area contributed by atoms with E-state index in [1.807, 2.05) is 0 Å². The number of anilines is 1. The summed E-state index contributed by atoms with van der Waals surface area (Å²) in [7, 11) is -3.65. The number of rotatable bonds is 3. The molecule has 124 valence electrons. The SMILES string of the molecule is Cc1ccc(NC(=O)CN=C2NS(=O)(=O)c3ccccc32)c(F)c1. The van der Waals surface area contributed by atoms with E-state index in [0.29, 0.717) is 5.56 Å². The van der Waals surface area contributed by atoms with Crippen molar-refractivity contribution < 1.29 is 17.6 Å². The maximum atomic E-state index is 13.7. The summed E-state index contributed by atoms with van der Waals surface area (Å²) < 4.78 is 39.9. The lowest BCUT2D eigenvalue weighted by Gasteiger charge is -2.06. The second-order valence-electron chi connectivity index (χ2n) is 5.30. The van der Waals surface area contributed by atoms with Crippen LogP contribution in [0.15, 0.2) is 52.4 Å². The molecule has 1 aliphatic heterocycles. The molecule has 0 unspecified atom stereocenters. The average molecular weight is 347 g/mol. The van der Waals surface area contributed by atoms with Crippen LogP contribution in [0.25, 0.3) is 0 Å². The van der Waals surface area contributed by atoms with Gasteiger partial charge in [0.05, 0.1) is 10.6 Å². The third kappa shape index (κ3) is 3.13. The van der Waals surface area contributed by atoms with Gasteiger partial charge >= 0.3 is 0 Å². The largest absolute Gasteiger partial charge is 0.322 e. The molecule has 0 spiro atoms. The van der Waals surface area contributed by atoms with Crippen molar-refractivity contribution in [2.24, 2.45) is 4.99 Å². The Labute approximate surface area is 138 Å². The maximum absolute atomic E-state index is 13.7. The van der Waals surface area contributed by atoms with Crippen LogP contribution in [-0.4, -0.2) is 26.7 Å². The van der Waals surface area contributed by atoms with Crippen LogP contribution in [0.3, 0.4) is 0 Å². The number of hydrogen-bond acceptors (Lipinski definition) is 4. The Kier molecular flexibility index (Phi) is 4.06. The number of hydrogen-bond donors (Lipinski definition) is 2. The predicted molar refractivity (Wildman–Crippen MR) is 87.9 cm³/mol. The van der Waals surface area contributed by atoms with Gasteiger partial charge in [-0.1, -0.05) is 18.2 Å². The zero-order chi connectivity index (χ0) is 17.3. The zero-order valence-electron chi connectivity index (χ0n) is 12.7. The number of amidine groups is 1. The molecule has 8 heteroatoms. The highest BCUT2D eigenvalue weighted by atomic mass is 32.2. The minimum absolute atomic E-state index is 0.0539. The van der Waals surface area contributed by atoms with Gasteiger partial charge in [0.2, 0.25) is 5.91 Å². The van der Waals surface area contributed by atoms with E-state index in [4.69, 9.17) is 0 Å². The van der Waals surface area contributed by atoms with Crippen molar-refractivity contribution in [3.63, 3.8) is 0 Å². The number of fused-ring (bicyclic) bond motifs is 1. The first-order valence-corrected chi connectivity index (χ1v) is 8.58. The minimum atomic E-state index is -3.65. The first kappa shape index (κ1) is 16.1. The molecule has 2 aromatic carbocycles. The standard InChI is InChI=1S/C16H14FN3O3S/c1-10-6-7-13(12(17)8-10)19-15(21)9-18-16-11-4-2-3-5-14(11)24(22,23)20-16/h2-8H,9H2,1H3,(H,18,20)(H,19,21). The first-order valence-electron chi connectivity index (χ1n) is 7.09. The fourth-order valence-corrected chi connectivity index (χ4v) is 3.56. The molecule has 3 rings (SSSR count). The highest BCUT2D eigenvalue weighted by molar-refractivity contribution is 7.90. The number of aryl methyl sites for hydroxylation is 1. The molecular weight excluding hydrogens is 333 g/mol. The van der Waals surface area contributed by atoms with Gasteiger partial charge in [0.15, 0.2) is 0 Å². The molecule has 2 N–H and O–H groups in total. The first-order chi connectivity index (χ1) is 11.4. The van der Waals surface area contributed by atoms with E-state index in [1.165, 1.54) is 18.2 Å². The molecule has 1 aliphatic rings. The number of benzene rings is 2. The molecule has 0 radical (unpaired) electrons. The van der Waals surface area contributed by atoms with Gasteiger partial charge in [-0.3, -0.25) is 14.5 Å². The molecule has 2 aromatic rings. The second kappa shape index (κ2) is 6.04. The van der Waals surface area contributed by atoms with Gasteiger partial charge in [-0.05, 0) is 36.8 Å². The van der Waals surface area contributed by atoms with Gasteiger partial charge in [-0.25, -0.2) is 12.8 Å². The molecule has 0 bridgehead atoms. The van der Waals surface area contributed by atoms with Gasteiger partial charge in [-0.15, -0.1) is 0 Å². The summed E-state index contributed by atoms with van der Waals surface area (Å²) in [4.78, 5) is 16.0. The van der Waals surface area contributed by atoms with Gasteiger partial charge in [0, 0.05) is 5.56 Å². The van der Waals surface area contributed by atoms with E-state index in [9.17, 15) is 17.6 Å². The van der Waals surface area contributed by atoms with Crippen molar-refractivity contribution in [2.45, 2.75) is 11.8 Å². The lowest BCUT2D eigenvalue weighted by Crippen LogP contribution is -2.24. The average Bonchev–Trinajstić information content (AvgIpc) is 2.80. The minimum Gasteiger partial charge on any atom is -0.322 e. The second-order valence-corrected chi connectivity index (χ2v) is 6.95. The Hall–Kier alpha value is -2.74. The molecule has 0 saturated carbocycles. The molecule has 0 saturated heterocycles. The number of halogens is 1. The van der Waals surface area contributed by atoms with E-state index in [-0.39, 0.29) is 23.0 Å². The van der Waals surface area contributed by atoms with Crippen LogP contribution in [0.4, 0.5) is 10.1 Å². The van der Waals surface area contributed by atoms with E-state index in [2.05, 4.69) is 15.0 Å². The summed E-state index contributed by atoms with van der Waals surface area (Å²) in [5.41, 5.74) is 1.20. The third-order valence-corrected chi connectivity index (χ3v) is 4.84. The lowest BCUT2D eigenvalue weighted by atomic mass is 10.2. The lowest BCUT2D eigenvalue weighted by molar-refractivity contribution is -0.114. The quantitative estimate of drug-likeness (QED) is 0.888. The van der Waals surface area contributed by atoms with Crippen LogP contribution < -0.4 is 10.0 Å². The summed E-state index contributed by atoms with van der Waals surface area (Å²) in [5, 5.41) is 2.41. The van der Waals surface area contributed by atoms with Crippen molar-refractivity contribution in [2.75, 3.05) is 11.9 Å². The normalized spacial score (nSPS) is 16.5. The van der Waals surface area contributed by atoms with Crippen LogP contribution >= 0.6 is 0 Å². The zero-order valence-corrected chi connectivity index (χ0v) is 13.5. The highest BCUT2D eigenvalue weighted by Crippen LogP contribution is 2.22. The van der Waals surface area contributed by atoms with E-state index >= 15 is 0 Å². The van der Waals surface area contributed by atoms with Crippen LogP contribution in [0, 0.1) is 12.7 Å². The van der Waals surface area contributed by atoms with Crippen molar-refractivity contribution >= 4 is 27.5 Å². The number of carbonyl (C=O) groups is 1. The monoisotopic (exact) mass is 347 g/mol. The maximum Gasteiger partial charge on any atom is 0.263 e. The van der Waals surface area contributed by atoms with E-state index in [1.54, 1.807) is 31.2 Å². The Morgan fingerprint density at radius 1 is 1.25 bits per heavy atom. The van der Waals surface area contributed by atoms with Crippen LogP contribution in [0.1, 0.15) is 11.1 Å². The summed E-state index contributed by atoms with van der Waals surface area (Å²) in [6.45, 7) is 1.41. The molecule has 0 aliphatic carbocycles.